The molecular formula is C18H18N2O3. The molecule has 0 aliphatic heterocycles. The van der Waals surface area contributed by atoms with Gasteiger partial charge in [-0.25, -0.2) is 4.98 Å². The quantitative estimate of drug-likeness (QED) is 0.760. The van der Waals surface area contributed by atoms with Gasteiger partial charge in [-0.1, -0.05) is 18.2 Å². The van der Waals surface area contributed by atoms with Crippen LogP contribution in [-0.4, -0.2) is 24.5 Å². The average Bonchev–Trinajstić information content (AvgIpc) is 3.03. The number of aromatic nitrogens is 1. The van der Waals surface area contributed by atoms with E-state index in [4.69, 9.17) is 9.15 Å². The Morgan fingerprint density at radius 3 is 2.74 bits per heavy atom. The minimum atomic E-state index is 0.0117. The Hall–Kier alpha value is -2.82. The normalized spacial score (nSPS) is 10.7. The molecular weight excluding hydrogens is 292 g/mol. The second kappa shape index (κ2) is 6.96. The van der Waals surface area contributed by atoms with Gasteiger partial charge in [0.2, 0.25) is 5.91 Å². The third-order valence-corrected chi connectivity index (χ3v) is 3.65. The molecule has 23 heavy (non-hydrogen) atoms. The standard InChI is InChI=1S/C18H18N2O3/c1-22-15-5-2-13(3-6-15)11-18(21)19-9-8-14-4-7-17-16(10-14)20-12-23-17/h2-7,10,12H,8-9,11H2,1H3,(H,19,21). The fourth-order valence-corrected chi connectivity index (χ4v) is 2.40. The molecule has 3 rings (SSSR count). The molecule has 0 unspecified atom stereocenters. The van der Waals surface area contributed by atoms with Crippen LogP contribution >= 0.6 is 0 Å². The molecule has 3 aromatic rings. The van der Waals surface area contributed by atoms with Gasteiger partial charge in [0, 0.05) is 6.54 Å². The van der Waals surface area contributed by atoms with Crippen LogP contribution < -0.4 is 10.1 Å². The largest absolute Gasteiger partial charge is 0.497 e. The molecule has 1 heterocycles. The number of methoxy groups -OCH3 is 1. The fraction of sp³-hybridized carbons (Fsp3) is 0.222. The fourth-order valence-electron chi connectivity index (χ4n) is 2.40. The number of hydrogen-bond donors (Lipinski definition) is 1. The maximum Gasteiger partial charge on any atom is 0.224 e. The number of amides is 1. The van der Waals surface area contributed by atoms with Gasteiger partial charge in [-0.2, -0.15) is 0 Å². The maximum absolute atomic E-state index is 12.0. The molecule has 0 aliphatic carbocycles. The smallest absolute Gasteiger partial charge is 0.224 e. The van der Waals surface area contributed by atoms with Crippen LogP contribution in [0.1, 0.15) is 11.1 Å². The third-order valence-electron chi connectivity index (χ3n) is 3.65. The van der Waals surface area contributed by atoms with E-state index in [2.05, 4.69) is 10.3 Å². The Bertz CT molecular complexity index is 793. The topological polar surface area (TPSA) is 64.4 Å². The molecule has 5 heteroatoms. The van der Waals surface area contributed by atoms with E-state index in [0.717, 1.165) is 34.4 Å². The van der Waals surface area contributed by atoms with Crippen molar-refractivity contribution in [1.82, 2.24) is 10.3 Å². The van der Waals surface area contributed by atoms with Crippen LogP contribution in [0.3, 0.4) is 0 Å². The number of carbonyl (C=O) groups is 1. The Labute approximate surface area is 134 Å². The van der Waals surface area contributed by atoms with Gasteiger partial charge < -0.3 is 14.5 Å². The Morgan fingerprint density at radius 1 is 1.17 bits per heavy atom. The molecule has 0 radical (unpaired) electrons. The zero-order chi connectivity index (χ0) is 16.1. The first-order chi connectivity index (χ1) is 11.2. The molecule has 2 aromatic carbocycles. The summed E-state index contributed by atoms with van der Waals surface area (Å²) in [7, 11) is 1.62. The van der Waals surface area contributed by atoms with Crippen LogP contribution in [0.25, 0.3) is 11.1 Å². The van der Waals surface area contributed by atoms with Crippen molar-refractivity contribution in [2.75, 3.05) is 13.7 Å². The number of benzene rings is 2. The number of rotatable bonds is 6. The first-order valence-corrected chi connectivity index (χ1v) is 7.46. The first kappa shape index (κ1) is 15.1. The average molecular weight is 310 g/mol. The SMILES string of the molecule is COc1ccc(CC(=O)NCCc2ccc3ocnc3c2)cc1. The van der Waals surface area contributed by atoms with Crippen molar-refractivity contribution < 1.29 is 13.9 Å². The van der Waals surface area contributed by atoms with Crippen molar-refractivity contribution in [2.45, 2.75) is 12.8 Å². The van der Waals surface area contributed by atoms with Crippen molar-refractivity contribution in [3.8, 4) is 5.75 Å². The highest BCUT2D eigenvalue weighted by atomic mass is 16.5. The summed E-state index contributed by atoms with van der Waals surface area (Å²) < 4.78 is 10.3. The number of oxazole rings is 1. The lowest BCUT2D eigenvalue weighted by atomic mass is 10.1. The van der Waals surface area contributed by atoms with Crippen molar-refractivity contribution in [3.05, 3.63) is 60.0 Å². The van der Waals surface area contributed by atoms with Gasteiger partial charge in [-0.3, -0.25) is 4.79 Å². The maximum atomic E-state index is 12.0. The molecule has 5 nitrogen and oxygen atoms in total. The molecule has 1 N–H and O–H groups in total. The zero-order valence-corrected chi connectivity index (χ0v) is 12.9. The van der Waals surface area contributed by atoms with Gasteiger partial charge in [-0.15, -0.1) is 0 Å². The molecule has 0 atom stereocenters. The Morgan fingerprint density at radius 2 is 1.96 bits per heavy atom. The number of ether oxygens (including phenoxy) is 1. The van der Waals surface area contributed by atoms with Crippen molar-refractivity contribution >= 4 is 17.0 Å². The van der Waals surface area contributed by atoms with E-state index in [-0.39, 0.29) is 5.91 Å². The van der Waals surface area contributed by atoms with Gasteiger partial charge in [0.15, 0.2) is 12.0 Å². The van der Waals surface area contributed by atoms with Gasteiger partial charge in [0.05, 0.1) is 13.5 Å². The highest BCUT2D eigenvalue weighted by molar-refractivity contribution is 5.78. The molecule has 1 amide bonds. The Balaban J connectivity index is 1.48. The molecule has 0 fully saturated rings. The van der Waals surface area contributed by atoms with E-state index in [1.807, 2.05) is 42.5 Å². The summed E-state index contributed by atoms with van der Waals surface area (Å²) in [5.74, 6) is 0.801. The number of nitrogens with one attached hydrogen (secondary N) is 1. The molecule has 0 saturated carbocycles. The highest BCUT2D eigenvalue weighted by Gasteiger charge is 2.04. The molecule has 0 saturated heterocycles. The van der Waals surface area contributed by atoms with Crippen LogP contribution in [0.15, 0.2) is 53.3 Å². The number of nitrogens with zero attached hydrogens (tertiary/aromatic N) is 1. The number of carbonyl (C=O) groups excluding carboxylic acids is 1. The van der Waals surface area contributed by atoms with E-state index in [1.54, 1.807) is 7.11 Å². The summed E-state index contributed by atoms with van der Waals surface area (Å²) in [6.45, 7) is 0.596. The van der Waals surface area contributed by atoms with Gasteiger partial charge in [0.25, 0.3) is 0 Å². The van der Waals surface area contributed by atoms with Crippen LogP contribution in [0.5, 0.6) is 5.75 Å². The lowest BCUT2D eigenvalue weighted by Gasteiger charge is -2.06. The molecule has 1 aromatic heterocycles. The van der Waals surface area contributed by atoms with Crippen LogP contribution in [0.2, 0.25) is 0 Å². The van der Waals surface area contributed by atoms with E-state index >= 15 is 0 Å². The first-order valence-electron chi connectivity index (χ1n) is 7.46. The second-order valence-corrected chi connectivity index (χ2v) is 5.28. The lowest BCUT2D eigenvalue weighted by Crippen LogP contribution is -2.27. The molecule has 118 valence electrons. The minimum Gasteiger partial charge on any atom is -0.497 e. The Kier molecular flexibility index (Phi) is 4.57. The highest BCUT2D eigenvalue weighted by Crippen LogP contribution is 2.14. The summed E-state index contributed by atoms with van der Waals surface area (Å²) in [6, 6.07) is 13.4. The van der Waals surface area contributed by atoms with Crippen molar-refractivity contribution in [2.24, 2.45) is 0 Å². The van der Waals surface area contributed by atoms with Crippen molar-refractivity contribution in [1.29, 1.82) is 0 Å². The van der Waals surface area contributed by atoms with Gasteiger partial charge in [0.1, 0.15) is 11.3 Å². The van der Waals surface area contributed by atoms with E-state index in [9.17, 15) is 4.79 Å². The summed E-state index contributed by atoms with van der Waals surface area (Å²) in [5, 5.41) is 2.94. The summed E-state index contributed by atoms with van der Waals surface area (Å²) >= 11 is 0. The lowest BCUT2D eigenvalue weighted by molar-refractivity contribution is -0.120. The van der Waals surface area contributed by atoms with E-state index in [0.29, 0.717) is 13.0 Å². The molecule has 0 bridgehead atoms. The molecule has 0 aliphatic rings. The number of fused-ring (bicyclic) bond motifs is 1. The summed E-state index contributed by atoms with van der Waals surface area (Å²) in [4.78, 5) is 16.1. The minimum absolute atomic E-state index is 0.0117. The number of hydrogen-bond acceptors (Lipinski definition) is 4. The van der Waals surface area contributed by atoms with E-state index < -0.39 is 0 Å². The van der Waals surface area contributed by atoms with E-state index in [1.165, 1.54) is 6.39 Å². The predicted octanol–water partition coefficient (Wildman–Crippen LogP) is 2.74. The third kappa shape index (κ3) is 3.88. The predicted molar refractivity (Wildman–Crippen MR) is 87.4 cm³/mol. The summed E-state index contributed by atoms with van der Waals surface area (Å²) in [5.41, 5.74) is 3.70. The molecule has 0 spiro atoms. The van der Waals surface area contributed by atoms with Gasteiger partial charge in [-0.05, 0) is 41.8 Å². The monoisotopic (exact) mass is 310 g/mol. The van der Waals surface area contributed by atoms with Crippen LogP contribution in [0.4, 0.5) is 0 Å². The van der Waals surface area contributed by atoms with Crippen LogP contribution in [0, 0.1) is 0 Å². The zero-order valence-electron chi connectivity index (χ0n) is 12.9. The van der Waals surface area contributed by atoms with Crippen LogP contribution in [-0.2, 0) is 17.6 Å². The summed E-state index contributed by atoms with van der Waals surface area (Å²) in [6.07, 6.45) is 2.56. The van der Waals surface area contributed by atoms with Crippen molar-refractivity contribution in [3.63, 3.8) is 0 Å². The van der Waals surface area contributed by atoms with Gasteiger partial charge >= 0.3 is 0 Å². The second-order valence-electron chi connectivity index (χ2n) is 5.28.